The number of pyridine rings is 1. The van der Waals surface area contributed by atoms with E-state index in [0.29, 0.717) is 11.4 Å². The molecule has 1 amide bonds. The first-order valence-corrected chi connectivity index (χ1v) is 6.99. The molecule has 0 saturated carbocycles. The van der Waals surface area contributed by atoms with E-state index in [2.05, 4.69) is 4.98 Å². The summed E-state index contributed by atoms with van der Waals surface area (Å²) in [6.45, 7) is 1.95. The molecule has 3 rings (SSSR count). The highest BCUT2D eigenvalue weighted by Crippen LogP contribution is 2.43. The van der Waals surface area contributed by atoms with Crippen molar-refractivity contribution in [2.45, 2.75) is 13.3 Å². The second-order valence-corrected chi connectivity index (χ2v) is 5.47. The van der Waals surface area contributed by atoms with Crippen LogP contribution in [0.4, 0.5) is 5.69 Å². The molecule has 1 aromatic heterocycles. The maximum absolute atomic E-state index is 11.9. The van der Waals surface area contributed by atoms with E-state index in [9.17, 15) is 4.79 Å². The van der Waals surface area contributed by atoms with E-state index in [1.807, 2.05) is 19.1 Å². The molecular weight excluding hydrogens is 288 g/mol. The van der Waals surface area contributed by atoms with Crippen LogP contribution in [0.5, 0.6) is 5.75 Å². The summed E-state index contributed by atoms with van der Waals surface area (Å²) in [5.41, 5.74) is 4.59. The van der Waals surface area contributed by atoms with E-state index in [1.165, 1.54) is 0 Å². The monoisotopic (exact) mass is 302 g/mol. The van der Waals surface area contributed by atoms with Crippen LogP contribution in [0.1, 0.15) is 11.1 Å². The van der Waals surface area contributed by atoms with Crippen molar-refractivity contribution in [1.82, 2.24) is 4.98 Å². The number of carbonyl (C=O) groups is 1. The number of aromatic nitrogens is 1. The third-order valence-corrected chi connectivity index (χ3v) is 4.33. The maximum atomic E-state index is 11.9. The molecule has 5 heteroatoms. The van der Waals surface area contributed by atoms with Gasteiger partial charge in [-0.1, -0.05) is 11.6 Å². The van der Waals surface area contributed by atoms with Crippen LogP contribution in [0.2, 0.25) is 5.02 Å². The third kappa shape index (κ3) is 2.07. The zero-order chi connectivity index (χ0) is 15.1. The summed E-state index contributed by atoms with van der Waals surface area (Å²) in [6.07, 6.45) is 3.75. The minimum Gasteiger partial charge on any atom is -0.496 e. The standard InChI is InChI=1S/C16H15ClN2O2/c1-9-12(7-18-8-13(9)17)10-4-5-14-11(16(10)21-3)6-15(20)19(14)2/h4-5,7-8H,6H2,1-3H3. The van der Waals surface area contributed by atoms with Gasteiger partial charge in [0.1, 0.15) is 5.75 Å². The fourth-order valence-corrected chi connectivity index (χ4v) is 2.88. The summed E-state index contributed by atoms with van der Waals surface area (Å²) in [6, 6.07) is 3.89. The number of hydrogen-bond donors (Lipinski definition) is 0. The van der Waals surface area contributed by atoms with Crippen molar-refractivity contribution < 1.29 is 9.53 Å². The SMILES string of the molecule is COc1c(-c2cncc(Cl)c2C)ccc2c1CC(=O)N2C. The van der Waals surface area contributed by atoms with Crippen LogP contribution < -0.4 is 9.64 Å². The molecule has 0 unspecified atom stereocenters. The lowest BCUT2D eigenvalue weighted by molar-refractivity contribution is -0.117. The lowest BCUT2D eigenvalue weighted by atomic mass is 9.98. The van der Waals surface area contributed by atoms with E-state index in [4.69, 9.17) is 16.3 Å². The summed E-state index contributed by atoms with van der Waals surface area (Å²) in [5.74, 6) is 0.791. The number of ether oxygens (including phenoxy) is 1. The molecule has 0 aliphatic carbocycles. The van der Waals surface area contributed by atoms with Gasteiger partial charge in [-0.15, -0.1) is 0 Å². The van der Waals surface area contributed by atoms with Crippen LogP contribution in [0.3, 0.4) is 0 Å². The predicted octanol–water partition coefficient (Wildman–Crippen LogP) is 3.24. The van der Waals surface area contributed by atoms with Crippen molar-refractivity contribution in [2.24, 2.45) is 0 Å². The fraction of sp³-hybridized carbons (Fsp3) is 0.250. The summed E-state index contributed by atoms with van der Waals surface area (Å²) >= 11 is 6.16. The van der Waals surface area contributed by atoms with E-state index in [0.717, 1.165) is 33.7 Å². The number of hydrogen-bond acceptors (Lipinski definition) is 3. The largest absolute Gasteiger partial charge is 0.496 e. The Morgan fingerprint density at radius 3 is 2.76 bits per heavy atom. The summed E-state index contributed by atoms with van der Waals surface area (Å²) in [5, 5.41) is 0.614. The van der Waals surface area contributed by atoms with Crippen LogP contribution in [0.25, 0.3) is 11.1 Å². The lowest BCUT2D eigenvalue weighted by Crippen LogP contribution is -2.20. The van der Waals surface area contributed by atoms with Gasteiger partial charge in [0.15, 0.2) is 0 Å². The molecule has 2 heterocycles. The lowest BCUT2D eigenvalue weighted by Gasteiger charge is -2.16. The van der Waals surface area contributed by atoms with Crippen LogP contribution in [-0.4, -0.2) is 25.0 Å². The summed E-state index contributed by atoms with van der Waals surface area (Å²) < 4.78 is 5.58. The Hall–Kier alpha value is -2.07. The van der Waals surface area contributed by atoms with Gasteiger partial charge in [-0.3, -0.25) is 9.78 Å². The fourth-order valence-electron chi connectivity index (χ4n) is 2.72. The number of benzene rings is 1. The summed E-state index contributed by atoms with van der Waals surface area (Å²) in [4.78, 5) is 17.7. The molecule has 0 N–H and O–H groups in total. The first-order valence-electron chi connectivity index (χ1n) is 6.61. The number of fused-ring (bicyclic) bond motifs is 1. The summed E-state index contributed by atoms with van der Waals surface area (Å²) in [7, 11) is 3.40. The second kappa shape index (κ2) is 5.04. The molecule has 0 spiro atoms. The average Bonchev–Trinajstić information content (AvgIpc) is 2.76. The number of anilines is 1. The Kier molecular flexibility index (Phi) is 3.33. The zero-order valence-electron chi connectivity index (χ0n) is 12.1. The van der Waals surface area contributed by atoms with Crippen molar-refractivity contribution in [2.75, 3.05) is 19.1 Å². The molecule has 1 aromatic carbocycles. The Morgan fingerprint density at radius 2 is 2.05 bits per heavy atom. The molecule has 4 nitrogen and oxygen atoms in total. The average molecular weight is 303 g/mol. The molecule has 2 aromatic rings. The van der Waals surface area contributed by atoms with Gasteiger partial charge < -0.3 is 9.64 Å². The smallest absolute Gasteiger partial charge is 0.231 e. The van der Waals surface area contributed by atoms with Crippen LogP contribution in [-0.2, 0) is 11.2 Å². The van der Waals surface area contributed by atoms with Gasteiger partial charge in [-0.25, -0.2) is 0 Å². The normalized spacial score (nSPS) is 13.5. The molecule has 0 fully saturated rings. The van der Waals surface area contributed by atoms with Crippen LogP contribution in [0.15, 0.2) is 24.5 Å². The van der Waals surface area contributed by atoms with Gasteiger partial charge in [-0.05, 0) is 24.6 Å². The second-order valence-electron chi connectivity index (χ2n) is 5.07. The first-order chi connectivity index (χ1) is 10.0. The Morgan fingerprint density at radius 1 is 1.29 bits per heavy atom. The minimum atomic E-state index is 0.0707. The predicted molar refractivity (Wildman–Crippen MR) is 83.1 cm³/mol. The van der Waals surface area contributed by atoms with E-state index < -0.39 is 0 Å². The number of amides is 1. The molecule has 0 radical (unpaired) electrons. The van der Waals surface area contributed by atoms with Crippen molar-refractivity contribution >= 4 is 23.2 Å². The van der Waals surface area contributed by atoms with Gasteiger partial charge >= 0.3 is 0 Å². The number of halogens is 1. The van der Waals surface area contributed by atoms with Crippen LogP contribution >= 0.6 is 11.6 Å². The highest BCUT2D eigenvalue weighted by Gasteiger charge is 2.29. The first kappa shape index (κ1) is 13.9. The van der Waals surface area contributed by atoms with Crippen molar-refractivity contribution in [3.8, 4) is 16.9 Å². The molecule has 0 bridgehead atoms. The molecule has 1 aliphatic rings. The van der Waals surface area contributed by atoms with E-state index in [1.54, 1.807) is 31.5 Å². The highest BCUT2D eigenvalue weighted by molar-refractivity contribution is 6.31. The Bertz CT molecular complexity index is 743. The molecule has 108 valence electrons. The van der Waals surface area contributed by atoms with Crippen molar-refractivity contribution in [1.29, 1.82) is 0 Å². The third-order valence-electron chi connectivity index (χ3n) is 3.95. The number of methoxy groups -OCH3 is 1. The quantitative estimate of drug-likeness (QED) is 0.855. The topological polar surface area (TPSA) is 42.4 Å². The molecule has 0 atom stereocenters. The Labute approximate surface area is 128 Å². The molecule has 1 aliphatic heterocycles. The highest BCUT2D eigenvalue weighted by atomic mass is 35.5. The number of nitrogens with zero attached hydrogens (tertiary/aromatic N) is 2. The van der Waals surface area contributed by atoms with Crippen LogP contribution in [0, 0.1) is 6.92 Å². The van der Waals surface area contributed by atoms with Gasteiger partial charge in [-0.2, -0.15) is 0 Å². The maximum Gasteiger partial charge on any atom is 0.231 e. The zero-order valence-corrected chi connectivity index (χ0v) is 12.9. The van der Waals surface area contributed by atoms with Gasteiger partial charge in [0.2, 0.25) is 5.91 Å². The van der Waals surface area contributed by atoms with Gasteiger partial charge in [0.05, 0.1) is 24.2 Å². The van der Waals surface area contributed by atoms with E-state index >= 15 is 0 Å². The van der Waals surface area contributed by atoms with Crippen molar-refractivity contribution in [3.63, 3.8) is 0 Å². The number of likely N-dealkylation sites (N-methyl/N-ethyl adjacent to an activating group) is 1. The molecule has 21 heavy (non-hydrogen) atoms. The van der Waals surface area contributed by atoms with E-state index in [-0.39, 0.29) is 5.91 Å². The minimum absolute atomic E-state index is 0.0707. The van der Waals surface area contributed by atoms with Crippen molar-refractivity contribution in [3.05, 3.63) is 40.7 Å². The molecular formula is C16H15ClN2O2. The van der Waals surface area contributed by atoms with Gasteiger partial charge in [0.25, 0.3) is 0 Å². The number of carbonyl (C=O) groups excluding carboxylic acids is 1. The Balaban J connectivity index is 2.24. The molecule has 0 saturated heterocycles. The van der Waals surface area contributed by atoms with Gasteiger partial charge in [0, 0.05) is 36.1 Å². The number of rotatable bonds is 2.